The van der Waals surface area contributed by atoms with Gasteiger partial charge in [-0.3, -0.25) is 19.2 Å². The van der Waals surface area contributed by atoms with E-state index in [1.54, 1.807) is 6.92 Å². The van der Waals surface area contributed by atoms with Crippen LogP contribution < -0.4 is 16.0 Å². The molecule has 3 aromatic carbocycles. The van der Waals surface area contributed by atoms with Gasteiger partial charge in [-0.25, -0.2) is 0 Å². The molecule has 0 aromatic heterocycles. The Morgan fingerprint density at radius 3 is 2.21 bits per heavy atom. The van der Waals surface area contributed by atoms with Crippen molar-refractivity contribution >= 4 is 34.3 Å². The smallest absolute Gasteiger partial charge is 0.243 e. The Bertz CT molecular complexity index is 1170. The number of ketones is 1. The quantitative estimate of drug-likeness (QED) is 0.434. The third-order valence-corrected chi connectivity index (χ3v) is 5.44. The highest BCUT2D eigenvalue weighted by molar-refractivity contribution is 5.95. The summed E-state index contributed by atoms with van der Waals surface area (Å²) in [5, 5.41) is 10.2. The molecule has 3 N–H and O–H groups in total. The van der Waals surface area contributed by atoms with E-state index in [4.69, 9.17) is 0 Å². The molecule has 7 nitrogen and oxygen atoms in total. The lowest BCUT2D eigenvalue weighted by atomic mass is 10.0. The molecule has 3 rings (SSSR count). The number of rotatable bonds is 10. The first-order valence-electron chi connectivity index (χ1n) is 11.2. The maximum absolute atomic E-state index is 12.8. The van der Waals surface area contributed by atoms with Gasteiger partial charge >= 0.3 is 0 Å². The fraction of sp³-hybridized carbons (Fsp3) is 0.259. The zero-order chi connectivity index (χ0) is 24.5. The topological polar surface area (TPSA) is 104 Å². The van der Waals surface area contributed by atoms with Crippen LogP contribution in [0.1, 0.15) is 31.4 Å². The Kier molecular flexibility index (Phi) is 8.51. The van der Waals surface area contributed by atoms with Crippen molar-refractivity contribution in [1.29, 1.82) is 0 Å². The summed E-state index contributed by atoms with van der Waals surface area (Å²) in [6.45, 7) is 3.22. The molecule has 0 saturated carbocycles. The monoisotopic (exact) mass is 459 g/mol. The highest BCUT2D eigenvalue weighted by atomic mass is 16.2. The predicted octanol–water partition coefficient (Wildman–Crippen LogP) is 2.67. The molecular weight excluding hydrogens is 430 g/mol. The van der Waals surface area contributed by atoms with Crippen LogP contribution in [-0.4, -0.2) is 35.6 Å². The van der Waals surface area contributed by atoms with Gasteiger partial charge in [0.15, 0.2) is 0 Å². The molecule has 0 radical (unpaired) electrons. The second-order valence-corrected chi connectivity index (χ2v) is 8.27. The highest BCUT2D eigenvalue weighted by Gasteiger charge is 2.25. The van der Waals surface area contributed by atoms with Gasteiger partial charge in [0.2, 0.25) is 17.7 Å². The Labute approximate surface area is 198 Å². The maximum Gasteiger partial charge on any atom is 0.243 e. The van der Waals surface area contributed by atoms with Crippen molar-refractivity contribution in [1.82, 2.24) is 16.0 Å². The minimum atomic E-state index is -1.05. The number of hydrogen-bond donors (Lipinski definition) is 3. The van der Waals surface area contributed by atoms with Crippen molar-refractivity contribution < 1.29 is 19.2 Å². The van der Waals surface area contributed by atoms with Crippen LogP contribution in [0.3, 0.4) is 0 Å². The summed E-state index contributed by atoms with van der Waals surface area (Å²) in [5.41, 5.74) is 1.76. The van der Waals surface area contributed by atoms with Gasteiger partial charge in [0, 0.05) is 13.0 Å². The van der Waals surface area contributed by atoms with E-state index in [1.807, 2.05) is 72.8 Å². The van der Waals surface area contributed by atoms with Crippen molar-refractivity contribution in [3.05, 3.63) is 83.9 Å². The standard InChI is InChI=1S/C27H29N3O4/c1-18(31)15-24(30-25(32)16-20-9-4-3-5-10-20)27(34)29-19(2)26(33)28-17-22-13-8-12-21-11-6-7-14-23(21)22/h3-14,19,24H,15-17H2,1-2H3,(H,28,33)(H,29,34)(H,30,32)/t19-,24-/m0/s1. The molecule has 3 amide bonds. The summed E-state index contributed by atoms with van der Waals surface area (Å²) in [7, 11) is 0. The number of fused-ring (bicyclic) bond motifs is 1. The Balaban J connectivity index is 1.57. The Morgan fingerprint density at radius 1 is 0.794 bits per heavy atom. The third kappa shape index (κ3) is 7.00. The summed E-state index contributed by atoms with van der Waals surface area (Å²) >= 11 is 0. The van der Waals surface area contributed by atoms with Gasteiger partial charge in [-0.2, -0.15) is 0 Å². The minimum Gasteiger partial charge on any atom is -0.350 e. The Morgan fingerprint density at radius 2 is 1.47 bits per heavy atom. The highest BCUT2D eigenvalue weighted by Crippen LogP contribution is 2.18. The second-order valence-electron chi connectivity index (χ2n) is 8.27. The van der Waals surface area contributed by atoms with Gasteiger partial charge < -0.3 is 16.0 Å². The molecule has 0 unspecified atom stereocenters. The van der Waals surface area contributed by atoms with Crippen LogP contribution >= 0.6 is 0 Å². The molecule has 7 heteroatoms. The first-order valence-corrected chi connectivity index (χ1v) is 11.2. The Hall–Kier alpha value is -4.00. The second kappa shape index (κ2) is 11.7. The van der Waals surface area contributed by atoms with E-state index in [2.05, 4.69) is 16.0 Å². The van der Waals surface area contributed by atoms with E-state index >= 15 is 0 Å². The van der Waals surface area contributed by atoms with Crippen LogP contribution in [0.25, 0.3) is 10.8 Å². The number of Topliss-reactive ketones (excluding diaryl/α,β-unsaturated/α-hetero) is 1. The lowest BCUT2D eigenvalue weighted by Crippen LogP contribution is -2.53. The molecule has 0 heterocycles. The van der Waals surface area contributed by atoms with Crippen LogP contribution in [0.4, 0.5) is 0 Å². The normalized spacial score (nSPS) is 12.4. The van der Waals surface area contributed by atoms with E-state index in [0.717, 1.165) is 21.9 Å². The zero-order valence-corrected chi connectivity index (χ0v) is 19.3. The van der Waals surface area contributed by atoms with Crippen LogP contribution in [-0.2, 0) is 32.1 Å². The molecule has 0 aliphatic carbocycles. The fourth-order valence-corrected chi connectivity index (χ4v) is 3.68. The van der Waals surface area contributed by atoms with Crippen molar-refractivity contribution in [3.63, 3.8) is 0 Å². The van der Waals surface area contributed by atoms with E-state index in [-0.39, 0.29) is 30.4 Å². The van der Waals surface area contributed by atoms with Gasteiger partial charge in [0.1, 0.15) is 17.9 Å². The number of carbonyl (C=O) groups excluding carboxylic acids is 4. The first-order chi connectivity index (χ1) is 16.3. The molecular formula is C27H29N3O4. The molecule has 2 atom stereocenters. The largest absolute Gasteiger partial charge is 0.350 e. The molecule has 0 spiro atoms. The molecule has 0 bridgehead atoms. The number of hydrogen-bond acceptors (Lipinski definition) is 4. The zero-order valence-electron chi connectivity index (χ0n) is 19.3. The van der Waals surface area contributed by atoms with Crippen molar-refractivity contribution in [2.75, 3.05) is 0 Å². The molecule has 176 valence electrons. The fourth-order valence-electron chi connectivity index (χ4n) is 3.68. The van der Waals surface area contributed by atoms with Gasteiger partial charge in [-0.15, -0.1) is 0 Å². The average Bonchev–Trinajstić information content (AvgIpc) is 2.82. The molecule has 0 saturated heterocycles. The van der Waals surface area contributed by atoms with Crippen molar-refractivity contribution in [2.24, 2.45) is 0 Å². The molecule has 0 aliphatic rings. The summed E-state index contributed by atoms with van der Waals surface area (Å²) < 4.78 is 0. The molecule has 0 aliphatic heterocycles. The van der Waals surface area contributed by atoms with Crippen molar-refractivity contribution in [3.8, 4) is 0 Å². The maximum atomic E-state index is 12.8. The van der Waals surface area contributed by atoms with Gasteiger partial charge in [-0.05, 0) is 35.7 Å². The SMILES string of the molecule is CC(=O)C[C@H](NC(=O)Cc1ccccc1)C(=O)N[C@@H](C)C(=O)NCc1cccc2ccccc12. The predicted molar refractivity (Wildman–Crippen MR) is 131 cm³/mol. The molecule has 34 heavy (non-hydrogen) atoms. The average molecular weight is 460 g/mol. The summed E-state index contributed by atoms with van der Waals surface area (Å²) in [4.78, 5) is 49.5. The minimum absolute atomic E-state index is 0.0869. The van der Waals surface area contributed by atoms with Crippen LogP contribution in [0.5, 0.6) is 0 Å². The number of amides is 3. The lowest BCUT2D eigenvalue weighted by Gasteiger charge is -2.20. The van der Waals surface area contributed by atoms with E-state index in [0.29, 0.717) is 6.54 Å². The number of carbonyl (C=O) groups is 4. The number of nitrogens with one attached hydrogen (secondary N) is 3. The van der Waals surface area contributed by atoms with Crippen LogP contribution in [0.15, 0.2) is 72.8 Å². The molecule has 3 aromatic rings. The van der Waals surface area contributed by atoms with E-state index in [9.17, 15) is 19.2 Å². The summed E-state index contributed by atoms with van der Waals surface area (Å²) in [5.74, 6) is -1.56. The van der Waals surface area contributed by atoms with E-state index in [1.165, 1.54) is 6.92 Å². The van der Waals surface area contributed by atoms with Crippen molar-refractivity contribution in [2.45, 2.75) is 45.3 Å². The molecule has 0 fully saturated rings. The van der Waals surface area contributed by atoms with E-state index < -0.39 is 18.0 Å². The van der Waals surface area contributed by atoms with Gasteiger partial charge in [-0.1, -0.05) is 72.8 Å². The summed E-state index contributed by atoms with van der Waals surface area (Å²) in [6.07, 6.45) is -0.0691. The first kappa shape index (κ1) is 24.6. The van der Waals surface area contributed by atoms with Gasteiger partial charge in [0.25, 0.3) is 0 Å². The van der Waals surface area contributed by atoms with Gasteiger partial charge in [0.05, 0.1) is 6.42 Å². The lowest BCUT2D eigenvalue weighted by molar-refractivity contribution is -0.133. The van der Waals surface area contributed by atoms with Crippen LogP contribution in [0, 0.1) is 0 Å². The third-order valence-electron chi connectivity index (χ3n) is 5.44. The number of benzene rings is 3. The van der Waals surface area contributed by atoms with Crippen LogP contribution in [0.2, 0.25) is 0 Å². The summed E-state index contributed by atoms with van der Waals surface area (Å²) in [6, 6.07) is 21.0.